The van der Waals surface area contributed by atoms with E-state index in [0.29, 0.717) is 59.8 Å². The van der Waals surface area contributed by atoms with Gasteiger partial charge in [-0.3, -0.25) is 9.59 Å². The number of amides is 1. The Kier molecular flexibility index (Phi) is 6.25. The maximum atomic E-state index is 13.4. The number of benzene rings is 2. The highest BCUT2D eigenvalue weighted by molar-refractivity contribution is 6.05. The molecule has 5 rings (SSSR count). The number of piperidine rings is 1. The van der Waals surface area contributed by atoms with Gasteiger partial charge in [0, 0.05) is 43.1 Å². The highest BCUT2D eigenvalue weighted by atomic mass is 16.6. The van der Waals surface area contributed by atoms with E-state index in [1.807, 2.05) is 6.07 Å². The van der Waals surface area contributed by atoms with Gasteiger partial charge in [0.15, 0.2) is 11.5 Å². The zero-order valence-electron chi connectivity index (χ0n) is 20.5. The average molecular weight is 506 g/mol. The Morgan fingerprint density at radius 3 is 2.62 bits per heavy atom. The molecule has 0 bridgehead atoms. The summed E-state index contributed by atoms with van der Waals surface area (Å²) in [6.45, 7) is 2.64. The minimum absolute atomic E-state index is 0.00774. The molecular formula is C25H27N7O5. The van der Waals surface area contributed by atoms with Gasteiger partial charge < -0.3 is 25.2 Å². The van der Waals surface area contributed by atoms with Crippen LogP contribution in [0.25, 0.3) is 10.9 Å². The molecule has 0 radical (unpaired) electrons. The van der Waals surface area contributed by atoms with Gasteiger partial charge in [0.25, 0.3) is 5.91 Å². The third-order valence-corrected chi connectivity index (χ3v) is 7.02. The summed E-state index contributed by atoms with van der Waals surface area (Å²) in [7, 11) is 1.54. The number of rotatable bonds is 5. The summed E-state index contributed by atoms with van der Waals surface area (Å²) in [5.74, 6) is 11.2. The van der Waals surface area contributed by atoms with Crippen molar-refractivity contribution in [2.45, 2.75) is 31.8 Å². The lowest BCUT2D eigenvalue weighted by atomic mass is 9.82. The summed E-state index contributed by atoms with van der Waals surface area (Å²) in [6.07, 6.45) is 3.02. The third-order valence-electron chi connectivity index (χ3n) is 7.02. The number of hydrogen-bond donors (Lipinski definition) is 2. The van der Waals surface area contributed by atoms with Crippen LogP contribution in [0.1, 0.15) is 52.5 Å². The molecule has 1 amide bonds. The first-order chi connectivity index (χ1) is 17.9. The highest BCUT2D eigenvalue weighted by Crippen LogP contribution is 2.40. The van der Waals surface area contributed by atoms with Gasteiger partial charge >= 0.3 is 0 Å². The molecule has 12 heteroatoms. The minimum Gasteiger partial charge on any atom is -0.486 e. The van der Waals surface area contributed by atoms with Crippen molar-refractivity contribution in [3.05, 3.63) is 59.3 Å². The van der Waals surface area contributed by atoms with Gasteiger partial charge in [-0.25, -0.2) is 0 Å². The summed E-state index contributed by atoms with van der Waals surface area (Å²) in [6, 6.07) is 10.5. The molecule has 0 unspecified atom stereocenters. The second-order valence-corrected chi connectivity index (χ2v) is 9.13. The lowest BCUT2D eigenvalue weighted by molar-refractivity contribution is -0.00571. The Hall–Kier alpha value is -4.45. The van der Waals surface area contributed by atoms with Crippen LogP contribution in [0.4, 0.5) is 0 Å². The van der Waals surface area contributed by atoms with Crippen molar-refractivity contribution >= 4 is 28.3 Å². The Morgan fingerprint density at radius 1 is 1.14 bits per heavy atom. The van der Waals surface area contributed by atoms with E-state index < -0.39 is 5.60 Å². The number of nitrogens with two attached hydrogens (primary N) is 2. The van der Waals surface area contributed by atoms with Gasteiger partial charge in [0.2, 0.25) is 0 Å². The minimum atomic E-state index is -0.653. The number of carbonyl (C=O) groups excluding carboxylic acids is 2. The quantitative estimate of drug-likeness (QED) is 0.233. The zero-order chi connectivity index (χ0) is 26.2. The van der Waals surface area contributed by atoms with E-state index in [-0.39, 0.29) is 18.1 Å². The molecular weight excluding hydrogens is 478 g/mol. The van der Waals surface area contributed by atoms with E-state index in [0.717, 1.165) is 10.9 Å². The fourth-order valence-electron chi connectivity index (χ4n) is 5.01. The Labute approximate surface area is 212 Å². The van der Waals surface area contributed by atoms with E-state index in [9.17, 15) is 9.59 Å². The van der Waals surface area contributed by atoms with Gasteiger partial charge in [-0.05, 0) is 54.1 Å². The second-order valence-electron chi connectivity index (χ2n) is 9.13. The van der Waals surface area contributed by atoms with Crippen LogP contribution in [0.15, 0.2) is 58.1 Å². The maximum absolute atomic E-state index is 13.4. The molecule has 1 aromatic heterocycles. The normalized spacial score (nSPS) is 17.2. The number of carbonyl (C=O) groups is 2. The molecule has 192 valence electrons. The highest BCUT2D eigenvalue weighted by Gasteiger charge is 2.44. The standard InChI is InChI=1S/C25H27N7O5/c1-15(28-30-29-26)16-3-4-22-19(11-16)21(33)14-25(36-22)6-9-31(10-7-25)24(34)17-12-20-18(23(13-17)37-27)5-8-32(20)35-2/h3-5,8,11-13H,6-7,9-10,14,27H2,1-2H3,(H2,26,30)/b28-15+. The molecule has 1 fully saturated rings. The van der Waals surface area contributed by atoms with Crippen LogP contribution in [-0.2, 0) is 0 Å². The summed E-state index contributed by atoms with van der Waals surface area (Å²) in [5, 5.41) is 11.2. The molecule has 1 spiro atoms. The molecule has 2 aliphatic heterocycles. The van der Waals surface area contributed by atoms with Gasteiger partial charge in [-0.15, -0.1) is 5.10 Å². The van der Waals surface area contributed by atoms with Gasteiger partial charge in [-0.2, -0.15) is 10.6 Å². The van der Waals surface area contributed by atoms with Crippen molar-refractivity contribution in [1.29, 1.82) is 0 Å². The molecule has 2 aromatic carbocycles. The number of ketones is 1. The molecule has 3 heterocycles. The van der Waals surface area contributed by atoms with Crippen molar-refractivity contribution in [3.8, 4) is 11.5 Å². The van der Waals surface area contributed by atoms with Crippen molar-refractivity contribution < 1.29 is 24.0 Å². The van der Waals surface area contributed by atoms with Crippen LogP contribution in [-0.4, -0.2) is 52.8 Å². The summed E-state index contributed by atoms with van der Waals surface area (Å²) >= 11 is 0. The molecule has 4 N–H and O–H groups in total. The third kappa shape index (κ3) is 4.35. The molecule has 2 aliphatic rings. The van der Waals surface area contributed by atoms with E-state index in [1.54, 1.807) is 53.1 Å². The molecule has 12 nitrogen and oxygen atoms in total. The molecule has 0 saturated carbocycles. The van der Waals surface area contributed by atoms with Gasteiger partial charge in [0.1, 0.15) is 18.5 Å². The molecule has 1 saturated heterocycles. The topological polar surface area (TPSA) is 159 Å². The number of Topliss-reactive ketones (excluding diaryl/α,β-unsaturated/α-hetero) is 1. The van der Waals surface area contributed by atoms with Crippen molar-refractivity contribution in [3.63, 3.8) is 0 Å². The Bertz CT molecular complexity index is 1440. The van der Waals surface area contributed by atoms with Crippen LogP contribution >= 0.6 is 0 Å². The molecule has 0 atom stereocenters. The van der Waals surface area contributed by atoms with E-state index in [4.69, 9.17) is 26.2 Å². The Morgan fingerprint density at radius 2 is 1.92 bits per heavy atom. The van der Waals surface area contributed by atoms with Crippen molar-refractivity contribution in [1.82, 2.24) is 9.63 Å². The van der Waals surface area contributed by atoms with Crippen LogP contribution in [0.2, 0.25) is 0 Å². The number of nitrogens with zero attached hydrogens (tertiary/aromatic N) is 5. The lowest BCUT2D eigenvalue weighted by Gasteiger charge is -2.44. The zero-order valence-corrected chi connectivity index (χ0v) is 20.5. The average Bonchev–Trinajstić information content (AvgIpc) is 3.34. The fraction of sp³-hybridized carbons (Fsp3) is 0.320. The first-order valence-electron chi connectivity index (χ1n) is 11.7. The van der Waals surface area contributed by atoms with E-state index in [2.05, 4.69) is 15.5 Å². The van der Waals surface area contributed by atoms with Crippen molar-refractivity contribution in [2.24, 2.45) is 27.3 Å². The molecule has 37 heavy (non-hydrogen) atoms. The predicted molar refractivity (Wildman–Crippen MR) is 134 cm³/mol. The number of ether oxygens (including phenoxy) is 1. The second kappa shape index (κ2) is 9.54. The number of aromatic nitrogens is 1. The summed E-state index contributed by atoms with van der Waals surface area (Å²) < 4.78 is 7.92. The SMILES string of the molecule is COn1ccc2c(ON)cc(C(=O)N3CCC4(CC3)CC(=O)c3cc(/C(C)=N/N=N\N)ccc3O4)cc21. The van der Waals surface area contributed by atoms with E-state index in [1.165, 1.54) is 7.11 Å². The van der Waals surface area contributed by atoms with Gasteiger partial charge in [0.05, 0.1) is 23.2 Å². The molecule has 3 aromatic rings. The Balaban J connectivity index is 1.33. The maximum Gasteiger partial charge on any atom is 0.254 e. The van der Waals surface area contributed by atoms with Crippen LogP contribution < -0.4 is 26.2 Å². The van der Waals surface area contributed by atoms with Crippen molar-refractivity contribution in [2.75, 3.05) is 20.2 Å². The summed E-state index contributed by atoms with van der Waals surface area (Å²) in [4.78, 5) is 38.6. The van der Waals surface area contributed by atoms with Gasteiger partial charge in [-0.1, -0.05) is 5.22 Å². The van der Waals surface area contributed by atoms with Crippen LogP contribution in [0.5, 0.6) is 11.5 Å². The summed E-state index contributed by atoms with van der Waals surface area (Å²) in [5.41, 5.74) is 2.27. The lowest BCUT2D eigenvalue weighted by Crippen LogP contribution is -2.52. The number of fused-ring (bicyclic) bond motifs is 2. The van der Waals surface area contributed by atoms with Crippen LogP contribution in [0.3, 0.4) is 0 Å². The van der Waals surface area contributed by atoms with Crippen LogP contribution in [0, 0.1) is 0 Å². The monoisotopic (exact) mass is 505 g/mol. The fourth-order valence-corrected chi connectivity index (χ4v) is 5.01. The predicted octanol–water partition coefficient (Wildman–Crippen LogP) is 2.64. The molecule has 0 aliphatic carbocycles. The first kappa shape index (κ1) is 24.3. The smallest absolute Gasteiger partial charge is 0.254 e. The number of likely N-dealkylation sites (tertiary alicyclic amines) is 1. The first-order valence-corrected chi connectivity index (χ1v) is 11.7. The number of hydrogen-bond acceptors (Lipinski definition) is 8. The van der Waals surface area contributed by atoms with E-state index >= 15 is 0 Å². The largest absolute Gasteiger partial charge is 0.486 e.